The van der Waals surface area contributed by atoms with Gasteiger partial charge in [0.15, 0.2) is 0 Å². The number of rotatable bonds is 4. The molecule has 86 valence electrons. The molecule has 16 heavy (non-hydrogen) atoms. The highest BCUT2D eigenvalue weighted by Gasteiger charge is 2.19. The fourth-order valence-electron chi connectivity index (χ4n) is 1.55. The fraction of sp³-hybridized carbons (Fsp3) is 0.455. The molecule has 0 saturated heterocycles. The van der Waals surface area contributed by atoms with Crippen LogP contribution >= 0.6 is 22.9 Å². The molecule has 0 amide bonds. The van der Waals surface area contributed by atoms with E-state index < -0.39 is 6.10 Å². The zero-order chi connectivity index (χ0) is 11.5. The standard InChI is InChI=1S/C11H14N2OS2/c1-7(2)10-11(16-13-12-10)9(14)6-8-4-3-5-15-8/h3-5,7,9,14H,6H2,1-2H3. The highest BCUT2D eigenvalue weighted by Crippen LogP contribution is 2.29. The van der Waals surface area contributed by atoms with Gasteiger partial charge in [0.05, 0.1) is 16.7 Å². The Morgan fingerprint density at radius 3 is 2.88 bits per heavy atom. The maximum Gasteiger partial charge on any atom is 0.0965 e. The normalized spacial score (nSPS) is 13.2. The minimum atomic E-state index is -0.476. The van der Waals surface area contributed by atoms with Crippen molar-refractivity contribution in [3.8, 4) is 0 Å². The van der Waals surface area contributed by atoms with Crippen molar-refractivity contribution < 1.29 is 5.11 Å². The van der Waals surface area contributed by atoms with Crippen molar-refractivity contribution in [2.45, 2.75) is 32.3 Å². The van der Waals surface area contributed by atoms with Crippen molar-refractivity contribution in [1.82, 2.24) is 9.59 Å². The molecule has 3 nitrogen and oxygen atoms in total. The quantitative estimate of drug-likeness (QED) is 0.912. The predicted molar refractivity (Wildman–Crippen MR) is 67.0 cm³/mol. The minimum absolute atomic E-state index is 0.312. The molecule has 2 heterocycles. The lowest BCUT2D eigenvalue weighted by molar-refractivity contribution is 0.181. The molecule has 5 heteroatoms. The van der Waals surface area contributed by atoms with Crippen molar-refractivity contribution in [2.75, 3.05) is 0 Å². The third-order valence-corrected chi connectivity index (χ3v) is 4.10. The van der Waals surface area contributed by atoms with E-state index in [1.54, 1.807) is 11.3 Å². The highest BCUT2D eigenvalue weighted by atomic mass is 32.1. The summed E-state index contributed by atoms with van der Waals surface area (Å²) in [6.45, 7) is 4.14. The van der Waals surface area contributed by atoms with Gasteiger partial charge >= 0.3 is 0 Å². The molecule has 1 unspecified atom stereocenters. The molecular formula is C11H14N2OS2. The average Bonchev–Trinajstić information content (AvgIpc) is 2.86. The van der Waals surface area contributed by atoms with E-state index in [0.29, 0.717) is 12.3 Å². The van der Waals surface area contributed by atoms with Gasteiger partial charge in [-0.25, -0.2) is 0 Å². The lowest BCUT2D eigenvalue weighted by atomic mass is 10.1. The topological polar surface area (TPSA) is 46.0 Å². The van der Waals surface area contributed by atoms with Crippen LogP contribution in [0.1, 0.15) is 41.3 Å². The second kappa shape index (κ2) is 5.03. The van der Waals surface area contributed by atoms with Crippen LogP contribution in [0.4, 0.5) is 0 Å². The molecule has 0 radical (unpaired) electrons. The van der Waals surface area contributed by atoms with Crippen LogP contribution in [0.5, 0.6) is 0 Å². The second-order valence-corrected chi connectivity index (χ2v) is 5.79. The molecule has 0 aliphatic carbocycles. The number of nitrogens with zero attached hydrogens (tertiary/aromatic N) is 2. The summed E-state index contributed by atoms with van der Waals surface area (Å²) in [4.78, 5) is 2.10. The Bertz CT molecular complexity index is 437. The van der Waals surface area contributed by atoms with E-state index in [4.69, 9.17) is 0 Å². The van der Waals surface area contributed by atoms with E-state index in [9.17, 15) is 5.11 Å². The van der Waals surface area contributed by atoms with Gasteiger partial charge in [-0.05, 0) is 28.9 Å². The molecule has 0 spiro atoms. The van der Waals surface area contributed by atoms with E-state index >= 15 is 0 Å². The Morgan fingerprint density at radius 1 is 1.44 bits per heavy atom. The van der Waals surface area contributed by atoms with Crippen LogP contribution in [-0.4, -0.2) is 14.7 Å². The molecule has 2 aromatic rings. The summed E-state index contributed by atoms with van der Waals surface area (Å²) in [6.07, 6.45) is 0.178. The number of hydrogen-bond donors (Lipinski definition) is 1. The lowest BCUT2D eigenvalue weighted by Crippen LogP contribution is -2.03. The van der Waals surface area contributed by atoms with Crippen LogP contribution < -0.4 is 0 Å². The zero-order valence-corrected chi connectivity index (χ0v) is 10.9. The molecule has 1 N–H and O–H groups in total. The first-order valence-electron chi connectivity index (χ1n) is 5.21. The minimum Gasteiger partial charge on any atom is -0.387 e. The predicted octanol–water partition coefficient (Wildman–Crippen LogP) is 3.00. The van der Waals surface area contributed by atoms with Gasteiger partial charge in [0.25, 0.3) is 0 Å². The van der Waals surface area contributed by atoms with Crippen molar-refractivity contribution in [2.24, 2.45) is 0 Å². The van der Waals surface area contributed by atoms with Crippen LogP contribution in [0.3, 0.4) is 0 Å². The number of hydrogen-bond acceptors (Lipinski definition) is 5. The van der Waals surface area contributed by atoms with Crippen molar-refractivity contribution in [3.05, 3.63) is 33.0 Å². The Morgan fingerprint density at radius 2 is 2.25 bits per heavy atom. The molecule has 0 bridgehead atoms. The summed E-state index contributed by atoms with van der Waals surface area (Å²) >= 11 is 2.97. The van der Waals surface area contributed by atoms with Gasteiger partial charge in [0.1, 0.15) is 0 Å². The summed E-state index contributed by atoms with van der Waals surface area (Å²) in [5.41, 5.74) is 0.925. The van der Waals surface area contributed by atoms with Crippen LogP contribution in [-0.2, 0) is 6.42 Å². The summed E-state index contributed by atoms with van der Waals surface area (Å²) in [5.74, 6) is 0.312. The van der Waals surface area contributed by atoms with Gasteiger partial charge in [0.2, 0.25) is 0 Å². The Labute approximate surface area is 103 Å². The first kappa shape index (κ1) is 11.7. The smallest absolute Gasteiger partial charge is 0.0965 e. The first-order valence-corrected chi connectivity index (χ1v) is 6.86. The SMILES string of the molecule is CC(C)c1nnsc1C(O)Cc1cccs1. The van der Waals surface area contributed by atoms with Gasteiger partial charge < -0.3 is 5.11 Å². The molecular weight excluding hydrogens is 240 g/mol. The lowest BCUT2D eigenvalue weighted by Gasteiger charge is -2.09. The molecule has 2 aromatic heterocycles. The van der Waals surface area contributed by atoms with Crippen LogP contribution in [0, 0.1) is 0 Å². The molecule has 0 aromatic carbocycles. The van der Waals surface area contributed by atoms with E-state index in [1.165, 1.54) is 16.4 Å². The Balaban J connectivity index is 2.14. The van der Waals surface area contributed by atoms with E-state index in [0.717, 1.165) is 10.6 Å². The van der Waals surface area contributed by atoms with Gasteiger partial charge in [-0.3, -0.25) is 0 Å². The van der Waals surface area contributed by atoms with Gasteiger partial charge in [-0.15, -0.1) is 16.4 Å². The van der Waals surface area contributed by atoms with Gasteiger partial charge in [0, 0.05) is 11.3 Å². The molecule has 0 aliphatic heterocycles. The third-order valence-electron chi connectivity index (χ3n) is 2.36. The van der Waals surface area contributed by atoms with Crippen LogP contribution in [0.25, 0.3) is 0 Å². The van der Waals surface area contributed by atoms with E-state index in [-0.39, 0.29) is 0 Å². The monoisotopic (exact) mass is 254 g/mol. The maximum atomic E-state index is 10.1. The van der Waals surface area contributed by atoms with E-state index in [1.807, 2.05) is 17.5 Å². The van der Waals surface area contributed by atoms with Crippen molar-refractivity contribution >= 4 is 22.9 Å². The molecule has 0 fully saturated rings. The summed E-state index contributed by atoms with van der Waals surface area (Å²) in [6, 6.07) is 4.04. The van der Waals surface area contributed by atoms with Gasteiger partial charge in [-0.2, -0.15) is 0 Å². The van der Waals surface area contributed by atoms with Crippen LogP contribution in [0.2, 0.25) is 0 Å². The number of aliphatic hydroxyl groups is 1. The average molecular weight is 254 g/mol. The molecule has 0 saturated carbocycles. The summed E-state index contributed by atoms with van der Waals surface area (Å²) < 4.78 is 3.93. The summed E-state index contributed by atoms with van der Waals surface area (Å²) in [7, 11) is 0. The first-order chi connectivity index (χ1) is 7.68. The molecule has 2 rings (SSSR count). The Hall–Kier alpha value is -0.780. The second-order valence-electron chi connectivity index (χ2n) is 3.98. The van der Waals surface area contributed by atoms with Gasteiger partial charge in [-0.1, -0.05) is 24.4 Å². The number of thiophene rings is 1. The van der Waals surface area contributed by atoms with Crippen molar-refractivity contribution in [1.29, 1.82) is 0 Å². The number of aromatic nitrogens is 2. The third kappa shape index (κ3) is 2.48. The van der Waals surface area contributed by atoms with Crippen molar-refractivity contribution in [3.63, 3.8) is 0 Å². The maximum absolute atomic E-state index is 10.1. The molecule has 1 atom stereocenters. The zero-order valence-electron chi connectivity index (χ0n) is 9.25. The summed E-state index contributed by atoms with van der Waals surface area (Å²) in [5, 5.41) is 16.3. The number of aliphatic hydroxyl groups excluding tert-OH is 1. The fourth-order valence-corrected chi connectivity index (χ4v) is 3.08. The highest BCUT2D eigenvalue weighted by molar-refractivity contribution is 7.10. The Kier molecular flexibility index (Phi) is 3.68. The largest absolute Gasteiger partial charge is 0.387 e. The van der Waals surface area contributed by atoms with E-state index in [2.05, 4.69) is 23.4 Å². The van der Waals surface area contributed by atoms with Crippen LogP contribution in [0.15, 0.2) is 17.5 Å². The molecule has 0 aliphatic rings.